The molecular weight excluding hydrogens is 280 g/mol. The van der Waals surface area contributed by atoms with E-state index in [1.807, 2.05) is 19.9 Å². The lowest BCUT2D eigenvalue weighted by molar-refractivity contribution is -0.117. The molecule has 20 heavy (non-hydrogen) atoms. The van der Waals surface area contributed by atoms with Crippen molar-refractivity contribution in [3.05, 3.63) is 28.3 Å². The maximum atomic E-state index is 11.8. The van der Waals surface area contributed by atoms with E-state index in [9.17, 15) is 4.79 Å². The summed E-state index contributed by atoms with van der Waals surface area (Å²) in [7, 11) is 0. The molecule has 1 amide bonds. The fraction of sp³-hybridized carbons (Fsp3) is 0.286. The summed E-state index contributed by atoms with van der Waals surface area (Å²) in [6.07, 6.45) is 1.46. The number of hydrogen-bond acceptors (Lipinski definition) is 4. The fourth-order valence-corrected chi connectivity index (χ4v) is 2.00. The van der Waals surface area contributed by atoms with Crippen molar-refractivity contribution in [2.24, 2.45) is 0 Å². The molecular formula is C14H13ClN2O3. The van der Waals surface area contributed by atoms with Gasteiger partial charge in [0.1, 0.15) is 11.6 Å². The third-order valence-corrected chi connectivity index (χ3v) is 2.83. The molecule has 0 saturated carbocycles. The van der Waals surface area contributed by atoms with Gasteiger partial charge in [-0.2, -0.15) is 5.26 Å². The standard InChI is InChI=1S/C14H13ClN2O3/c1-8(2)17-14(18)10(6-16)3-9-4-11(15)13-12(5-9)19-7-20-13/h3-5,8H,7H2,1-2H3,(H,17,18)/b10-3+. The first-order valence-corrected chi connectivity index (χ1v) is 6.41. The van der Waals surface area contributed by atoms with Gasteiger partial charge in [0.15, 0.2) is 11.5 Å². The first kappa shape index (κ1) is 14.2. The number of ether oxygens (including phenoxy) is 2. The SMILES string of the molecule is CC(C)NC(=O)/C(C#N)=C/c1cc(Cl)c2c(c1)OCO2. The largest absolute Gasteiger partial charge is 0.454 e. The van der Waals surface area contributed by atoms with Gasteiger partial charge in [-0.05, 0) is 37.6 Å². The summed E-state index contributed by atoms with van der Waals surface area (Å²) in [4.78, 5) is 11.8. The van der Waals surface area contributed by atoms with Crippen LogP contribution in [0.1, 0.15) is 19.4 Å². The second kappa shape index (κ2) is 5.85. The smallest absolute Gasteiger partial charge is 0.262 e. The molecule has 0 saturated heterocycles. The van der Waals surface area contributed by atoms with Crippen LogP contribution in [0.15, 0.2) is 17.7 Å². The van der Waals surface area contributed by atoms with Gasteiger partial charge in [-0.15, -0.1) is 0 Å². The van der Waals surface area contributed by atoms with E-state index in [1.54, 1.807) is 12.1 Å². The van der Waals surface area contributed by atoms with Gasteiger partial charge in [0.2, 0.25) is 6.79 Å². The predicted molar refractivity (Wildman–Crippen MR) is 74.4 cm³/mol. The van der Waals surface area contributed by atoms with E-state index in [-0.39, 0.29) is 18.4 Å². The number of halogens is 1. The maximum Gasteiger partial charge on any atom is 0.262 e. The number of nitrogens with zero attached hydrogens (tertiary/aromatic N) is 1. The number of nitriles is 1. The van der Waals surface area contributed by atoms with Gasteiger partial charge >= 0.3 is 0 Å². The molecule has 6 heteroatoms. The van der Waals surface area contributed by atoms with Gasteiger partial charge in [0.05, 0.1) is 5.02 Å². The zero-order chi connectivity index (χ0) is 14.7. The molecule has 2 rings (SSSR count). The summed E-state index contributed by atoms with van der Waals surface area (Å²) in [6.45, 7) is 3.76. The zero-order valence-electron chi connectivity index (χ0n) is 11.1. The van der Waals surface area contributed by atoms with Crippen LogP contribution in [0.25, 0.3) is 6.08 Å². The molecule has 0 atom stereocenters. The van der Waals surface area contributed by atoms with Gasteiger partial charge in [-0.25, -0.2) is 0 Å². The normalized spacial score (nSPS) is 13.2. The highest BCUT2D eigenvalue weighted by molar-refractivity contribution is 6.32. The van der Waals surface area contributed by atoms with Crippen molar-refractivity contribution in [1.29, 1.82) is 5.26 Å². The first-order valence-electron chi connectivity index (χ1n) is 6.03. The Balaban J connectivity index is 2.32. The number of fused-ring (bicyclic) bond motifs is 1. The van der Waals surface area contributed by atoms with Gasteiger partial charge in [0, 0.05) is 6.04 Å². The summed E-state index contributed by atoms with van der Waals surface area (Å²) in [5.74, 6) is 0.565. The Labute approximate surface area is 121 Å². The molecule has 1 aromatic carbocycles. The topological polar surface area (TPSA) is 71.4 Å². The van der Waals surface area contributed by atoms with Crippen LogP contribution in [-0.4, -0.2) is 18.7 Å². The van der Waals surface area contributed by atoms with Crippen molar-refractivity contribution in [2.45, 2.75) is 19.9 Å². The maximum absolute atomic E-state index is 11.8. The molecule has 104 valence electrons. The lowest BCUT2D eigenvalue weighted by atomic mass is 10.1. The second-order valence-electron chi connectivity index (χ2n) is 4.53. The molecule has 0 unspecified atom stereocenters. The van der Waals surface area contributed by atoms with Crippen LogP contribution in [-0.2, 0) is 4.79 Å². The Hall–Kier alpha value is -2.19. The number of carbonyl (C=O) groups is 1. The summed E-state index contributed by atoms with van der Waals surface area (Å²) in [5, 5.41) is 12.1. The van der Waals surface area contributed by atoms with Crippen LogP contribution in [0.3, 0.4) is 0 Å². The van der Waals surface area contributed by atoms with E-state index in [0.717, 1.165) is 0 Å². The molecule has 0 bridgehead atoms. The van der Waals surface area contributed by atoms with E-state index < -0.39 is 5.91 Å². The quantitative estimate of drug-likeness (QED) is 0.686. The van der Waals surface area contributed by atoms with Crippen LogP contribution in [0.4, 0.5) is 0 Å². The van der Waals surface area contributed by atoms with Crippen molar-refractivity contribution in [3.63, 3.8) is 0 Å². The Morgan fingerprint density at radius 2 is 2.25 bits per heavy atom. The number of hydrogen-bond donors (Lipinski definition) is 1. The highest BCUT2D eigenvalue weighted by Gasteiger charge is 2.18. The Morgan fingerprint density at radius 3 is 2.90 bits per heavy atom. The van der Waals surface area contributed by atoms with Gasteiger partial charge in [0.25, 0.3) is 5.91 Å². The molecule has 1 aliphatic rings. The molecule has 1 aromatic rings. The third-order valence-electron chi connectivity index (χ3n) is 2.55. The molecule has 0 fully saturated rings. The van der Waals surface area contributed by atoms with Crippen LogP contribution in [0.5, 0.6) is 11.5 Å². The highest BCUT2D eigenvalue weighted by Crippen LogP contribution is 2.40. The van der Waals surface area contributed by atoms with Crippen molar-refractivity contribution in [1.82, 2.24) is 5.32 Å². The van der Waals surface area contributed by atoms with Gasteiger partial charge in [-0.1, -0.05) is 11.6 Å². The van der Waals surface area contributed by atoms with Crippen LogP contribution in [0.2, 0.25) is 5.02 Å². The van der Waals surface area contributed by atoms with E-state index in [0.29, 0.717) is 22.1 Å². The van der Waals surface area contributed by atoms with Crippen LogP contribution in [0, 0.1) is 11.3 Å². The van der Waals surface area contributed by atoms with Crippen molar-refractivity contribution in [3.8, 4) is 17.6 Å². The lowest BCUT2D eigenvalue weighted by Crippen LogP contribution is -2.30. The van der Waals surface area contributed by atoms with Gasteiger partial charge in [-0.3, -0.25) is 4.79 Å². The summed E-state index contributed by atoms with van der Waals surface area (Å²) in [5.41, 5.74) is 0.614. The number of benzene rings is 1. The highest BCUT2D eigenvalue weighted by atomic mass is 35.5. The Morgan fingerprint density at radius 1 is 1.50 bits per heavy atom. The summed E-state index contributed by atoms with van der Waals surface area (Å²) in [6, 6.07) is 5.13. The van der Waals surface area contributed by atoms with Gasteiger partial charge < -0.3 is 14.8 Å². The molecule has 5 nitrogen and oxygen atoms in total. The number of carbonyl (C=O) groups excluding carboxylic acids is 1. The summed E-state index contributed by atoms with van der Waals surface area (Å²) < 4.78 is 10.4. The number of amides is 1. The molecule has 1 N–H and O–H groups in total. The minimum absolute atomic E-state index is 0.00799. The van der Waals surface area contributed by atoms with E-state index >= 15 is 0 Å². The number of rotatable bonds is 3. The average molecular weight is 293 g/mol. The molecule has 1 aliphatic heterocycles. The van der Waals surface area contributed by atoms with E-state index in [4.69, 9.17) is 26.3 Å². The average Bonchev–Trinajstić information content (AvgIpc) is 2.83. The summed E-state index contributed by atoms with van der Waals surface area (Å²) >= 11 is 6.05. The van der Waals surface area contributed by atoms with Crippen molar-refractivity contribution in [2.75, 3.05) is 6.79 Å². The monoisotopic (exact) mass is 292 g/mol. The van der Waals surface area contributed by atoms with E-state index in [1.165, 1.54) is 6.08 Å². The number of nitrogens with one attached hydrogen (secondary N) is 1. The van der Waals surface area contributed by atoms with Crippen LogP contribution >= 0.6 is 11.6 Å². The molecule has 0 spiro atoms. The Kier molecular flexibility index (Phi) is 4.16. The molecule has 0 aliphatic carbocycles. The van der Waals surface area contributed by atoms with Crippen molar-refractivity contribution < 1.29 is 14.3 Å². The predicted octanol–water partition coefficient (Wildman–Crippen LogP) is 2.50. The fourth-order valence-electron chi connectivity index (χ4n) is 1.73. The van der Waals surface area contributed by atoms with E-state index in [2.05, 4.69) is 5.32 Å². The first-order chi connectivity index (χ1) is 9.51. The molecule has 0 radical (unpaired) electrons. The Bertz CT molecular complexity index is 618. The molecule has 0 aromatic heterocycles. The minimum Gasteiger partial charge on any atom is -0.454 e. The minimum atomic E-state index is -0.420. The van der Waals surface area contributed by atoms with Crippen LogP contribution < -0.4 is 14.8 Å². The van der Waals surface area contributed by atoms with Crippen molar-refractivity contribution >= 4 is 23.6 Å². The zero-order valence-corrected chi connectivity index (χ0v) is 11.8. The third kappa shape index (κ3) is 3.03. The molecule has 1 heterocycles. The second-order valence-corrected chi connectivity index (χ2v) is 4.94. The lowest BCUT2D eigenvalue weighted by Gasteiger charge is -2.07.